The molecule has 1 heterocycles. The van der Waals surface area contributed by atoms with Crippen LogP contribution < -0.4 is 5.32 Å². The van der Waals surface area contributed by atoms with Gasteiger partial charge < -0.3 is 10.4 Å². The van der Waals surface area contributed by atoms with Crippen LogP contribution in [0.15, 0.2) is 30.3 Å². The normalized spacial score (nSPS) is 26.4. The summed E-state index contributed by atoms with van der Waals surface area (Å²) >= 11 is 0. The van der Waals surface area contributed by atoms with Gasteiger partial charge in [0.2, 0.25) is 5.82 Å². The van der Waals surface area contributed by atoms with Gasteiger partial charge in [0.15, 0.2) is 5.82 Å². The Kier molecular flexibility index (Phi) is 4.07. The molecule has 6 nitrogen and oxygen atoms in total. The first-order valence-corrected chi connectivity index (χ1v) is 9.05. The van der Waals surface area contributed by atoms with Crippen molar-refractivity contribution in [2.75, 3.05) is 0 Å². The van der Waals surface area contributed by atoms with Gasteiger partial charge in [-0.05, 0) is 44.1 Å². The zero-order chi connectivity index (χ0) is 17.4. The lowest BCUT2D eigenvalue weighted by Crippen LogP contribution is -2.42. The van der Waals surface area contributed by atoms with E-state index in [1.54, 1.807) is 11.7 Å². The molecule has 0 radical (unpaired) electrons. The fourth-order valence-corrected chi connectivity index (χ4v) is 3.64. The van der Waals surface area contributed by atoms with Crippen LogP contribution in [0.25, 0.3) is 0 Å². The number of rotatable bonds is 4. The van der Waals surface area contributed by atoms with Crippen molar-refractivity contribution in [3.63, 3.8) is 0 Å². The number of carbonyl (C=O) groups excluding carboxylic acids is 1. The van der Waals surface area contributed by atoms with E-state index >= 15 is 0 Å². The Morgan fingerprint density at radius 1 is 1.20 bits per heavy atom. The molecule has 0 aliphatic heterocycles. The molecule has 0 saturated heterocycles. The number of aliphatic hydroxyl groups is 1. The number of aryl methyl sites for hydroxylation is 1. The van der Waals surface area contributed by atoms with E-state index in [2.05, 4.69) is 15.4 Å². The monoisotopic (exact) mass is 340 g/mol. The molecule has 1 aromatic carbocycles. The summed E-state index contributed by atoms with van der Waals surface area (Å²) in [5.74, 6) is 1.43. The molecule has 0 bridgehead atoms. The van der Waals surface area contributed by atoms with E-state index in [-0.39, 0.29) is 11.9 Å². The van der Waals surface area contributed by atoms with Crippen molar-refractivity contribution in [3.8, 4) is 0 Å². The maximum Gasteiger partial charge on any atom is 0.289 e. The molecule has 2 aromatic rings. The highest BCUT2D eigenvalue weighted by molar-refractivity contribution is 5.90. The quantitative estimate of drug-likeness (QED) is 0.895. The largest absolute Gasteiger partial charge is 0.385 e. The summed E-state index contributed by atoms with van der Waals surface area (Å²) < 4.78 is 1.58. The number of hydrogen-bond acceptors (Lipinski definition) is 4. The van der Waals surface area contributed by atoms with Gasteiger partial charge in [-0.2, -0.15) is 5.10 Å². The van der Waals surface area contributed by atoms with Crippen molar-refractivity contribution >= 4 is 5.91 Å². The molecule has 4 rings (SSSR count). The lowest BCUT2D eigenvalue weighted by Gasteiger charge is -2.36. The molecule has 25 heavy (non-hydrogen) atoms. The standard InChI is InChI=1S/C19H24N4O2/c1-23-17(21-16(22-23)13-7-8-13)18(24)20-15-9-11-19(25,12-10-15)14-5-3-2-4-6-14/h2-6,13,15,25H,7-12H2,1H3,(H,20,24). The summed E-state index contributed by atoms with van der Waals surface area (Å²) in [5, 5.41) is 18.3. The lowest BCUT2D eigenvalue weighted by atomic mass is 9.78. The van der Waals surface area contributed by atoms with Crippen molar-refractivity contribution in [1.82, 2.24) is 20.1 Å². The van der Waals surface area contributed by atoms with Crippen LogP contribution in [-0.4, -0.2) is 31.8 Å². The second-order valence-corrected chi connectivity index (χ2v) is 7.34. The Balaban J connectivity index is 1.38. The number of nitrogens with zero attached hydrogens (tertiary/aromatic N) is 3. The predicted octanol–water partition coefficient (Wildman–Crippen LogP) is 2.25. The summed E-state index contributed by atoms with van der Waals surface area (Å²) in [4.78, 5) is 16.9. The van der Waals surface area contributed by atoms with Gasteiger partial charge in [0.25, 0.3) is 5.91 Å². The summed E-state index contributed by atoms with van der Waals surface area (Å²) in [7, 11) is 1.77. The predicted molar refractivity (Wildman–Crippen MR) is 93.0 cm³/mol. The van der Waals surface area contributed by atoms with Crippen LogP contribution in [0.3, 0.4) is 0 Å². The zero-order valence-corrected chi connectivity index (χ0v) is 14.5. The van der Waals surface area contributed by atoms with Gasteiger partial charge in [0.05, 0.1) is 5.60 Å². The zero-order valence-electron chi connectivity index (χ0n) is 14.5. The highest BCUT2D eigenvalue weighted by atomic mass is 16.3. The molecular weight excluding hydrogens is 316 g/mol. The molecule has 1 amide bonds. The Bertz CT molecular complexity index is 759. The summed E-state index contributed by atoms with van der Waals surface area (Å²) in [5.41, 5.74) is 0.175. The first-order chi connectivity index (χ1) is 12.0. The van der Waals surface area contributed by atoms with E-state index in [0.29, 0.717) is 24.6 Å². The molecule has 0 spiro atoms. The second-order valence-electron chi connectivity index (χ2n) is 7.34. The fraction of sp³-hybridized carbons (Fsp3) is 0.526. The third kappa shape index (κ3) is 3.31. The van der Waals surface area contributed by atoms with Gasteiger partial charge in [-0.15, -0.1) is 0 Å². The van der Waals surface area contributed by atoms with E-state index in [9.17, 15) is 9.90 Å². The molecule has 132 valence electrons. The van der Waals surface area contributed by atoms with E-state index in [0.717, 1.165) is 37.1 Å². The first kappa shape index (κ1) is 16.3. The van der Waals surface area contributed by atoms with Gasteiger partial charge in [0, 0.05) is 19.0 Å². The summed E-state index contributed by atoms with van der Waals surface area (Å²) in [6.45, 7) is 0. The van der Waals surface area contributed by atoms with Crippen LogP contribution in [0.1, 0.15) is 66.4 Å². The number of benzene rings is 1. The Hall–Kier alpha value is -2.21. The van der Waals surface area contributed by atoms with Crippen LogP contribution >= 0.6 is 0 Å². The van der Waals surface area contributed by atoms with E-state index in [4.69, 9.17) is 0 Å². The number of nitrogens with one attached hydrogen (secondary N) is 1. The number of aromatic nitrogens is 3. The average Bonchev–Trinajstić information content (AvgIpc) is 3.40. The molecule has 2 fully saturated rings. The van der Waals surface area contributed by atoms with E-state index in [1.807, 2.05) is 30.3 Å². The molecule has 2 aliphatic carbocycles. The Morgan fingerprint density at radius 2 is 1.88 bits per heavy atom. The smallest absolute Gasteiger partial charge is 0.289 e. The van der Waals surface area contributed by atoms with Crippen molar-refractivity contribution in [3.05, 3.63) is 47.5 Å². The van der Waals surface area contributed by atoms with Gasteiger partial charge >= 0.3 is 0 Å². The van der Waals surface area contributed by atoms with Crippen molar-refractivity contribution in [1.29, 1.82) is 0 Å². The minimum Gasteiger partial charge on any atom is -0.385 e. The number of amides is 1. The molecule has 0 atom stereocenters. The highest BCUT2D eigenvalue weighted by Crippen LogP contribution is 2.38. The minimum atomic E-state index is -0.785. The molecule has 2 saturated carbocycles. The Morgan fingerprint density at radius 3 is 2.52 bits per heavy atom. The molecule has 2 N–H and O–H groups in total. The first-order valence-electron chi connectivity index (χ1n) is 9.05. The number of carbonyl (C=O) groups is 1. The third-order valence-corrected chi connectivity index (χ3v) is 5.38. The minimum absolute atomic E-state index is 0.0672. The Labute approximate surface area is 147 Å². The van der Waals surface area contributed by atoms with E-state index in [1.165, 1.54) is 0 Å². The maximum atomic E-state index is 12.5. The SMILES string of the molecule is Cn1nc(C2CC2)nc1C(=O)NC1CCC(O)(c2ccccc2)CC1. The van der Waals surface area contributed by atoms with E-state index < -0.39 is 5.60 Å². The maximum absolute atomic E-state index is 12.5. The highest BCUT2D eigenvalue weighted by Gasteiger charge is 2.36. The van der Waals surface area contributed by atoms with Crippen LogP contribution in [0.4, 0.5) is 0 Å². The lowest BCUT2D eigenvalue weighted by molar-refractivity contribution is -0.00808. The third-order valence-electron chi connectivity index (χ3n) is 5.38. The fourth-order valence-electron chi connectivity index (χ4n) is 3.64. The van der Waals surface area contributed by atoms with Crippen molar-refractivity contribution in [2.24, 2.45) is 7.05 Å². The molecule has 0 unspecified atom stereocenters. The number of hydrogen-bond donors (Lipinski definition) is 2. The van der Waals surface area contributed by atoms with Gasteiger partial charge in [-0.3, -0.25) is 4.79 Å². The molecular formula is C19H24N4O2. The summed E-state index contributed by atoms with van der Waals surface area (Å²) in [6, 6.07) is 9.86. The van der Waals surface area contributed by atoms with Crippen LogP contribution in [0.2, 0.25) is 0 Å². The molecule has 1 aromatic heterocycles. The van der Waals surface area contributed by atoms with Gasteiger partial charge in [0.1, 0.15) is 0 Å². The van der Waals surface area contributed by atoms with Crippen LogP contribution in [0, 0.1) is 0 Å². The summed E-state index contributed by atoms with van der Waals surface area (Å²) in [6.07, 6.45) is 5.04. The topological polar surface area (TPSA) is 80.0 Å². The van der Waals surface area contributed by atoms with Crippen molar-refractivity contribution in [2.45, 2.75) is 56.1 Å². The van der Waals surface area contributed by atoms with Gasteiger partial charge in [-0.1, -0.05) is 30.3 Å². The molecule has 6 heteroatoms. The van der Waals surface area contributed by atoms with Crippen LogP contribution in [0.5, 0.6) is 0 Å². The van der Waals surface area contributed by atoms with Gasteiger partial charge in [-0.25, -0.2) is 9.67 Å². The average molecular weight is 340 g/mol. The van der Waals surface area contributed by atoms with Crippen molar-refractivity contribution < 1.29 is 9.90 Å². The molecule has 2 aliphatic rings. The van der Waals surface area contributed by atoms with Crippen LogP contribution in [-0.2, 0) is 12.6 Å². The second kappa shape index (κ2) is 6.26.